The van der Waals surface area contributed by atoms with Gasteiger partial charge >= 0.3 is 0 Å². The minimum Gasteiger partial charge on any atom is -0.345 e. The molecule has 0 aliphatic heterocycles. The molecule has 2 aliphatic rings. The third-order valence-electron chi connectivity index (χ3n) is 6.11. The van der Waals surface area contributed by atoms with Crippen molar-refractivity contribution in [2.75, 3.05) is 5.75 Å². The molecule has 3 aromatic rings. The van der Waals surface area contributed by atoms with Gasteiger partial charge in [-0.15, -0.1) is 10.2 Å². The number of aromatic nitrogens is 5. The molecule has 7 nitrogen and oxygen atoms in total. The standard InChI is InChI=1S/C18H23N5O2S/c1-18(2)8-11(10-26(24,25)12-3-4-12)7-13(18)17-22-21-15-9-20-16-14(23(15)17)5-6-19-16/h5-6,9,11-13,19H,3-4,7-8,10H2,1-2H3/t11-,13-/m1/s1. The first-order valence-electron chi connectivity index (χ1n) is 9.24. The first-order chi connectivity index (χ1) is 12.4. The maximum Gasteiger partial charge on any atom is 0.179 e. The molecule has 8 heteroatoms. The van der Waals surface area contributed by atoms with Gasteiger partial charge in [-0.25, -0.2) is 13.4 Å². The topological polar surface area (TPSA) is 93.0 Å². The fourth-order valence-electron chi connectivity index (χ4n) is 4.72. The molecule has 2 saturated carbocycles. The predicted molar refractivity (Wildman–Crippen MR) is 98.7 cm³/mol. The Bertz CT molecular complexity index is 1090. The van der Waals surface area contributed by atoms with E-state index < -0.39 is 9.84 Å². The van der Waals surface area contributed by atoms with E-state index in [0.717, 1.165) is 48.3 Å². The lowest BCUT2D eigenvalue weighted by Crippen LogP contribution is -2.19. The molecule has 2 fully saturated rings. The molecule has 3 heterocycles. The summed E-state index contributed by atoms with van der Waals surface area (Å²) in [6, 6.07) is 1.99. The molecule has 1 N–H and O–H groups in total. The largest absolute Gasteiger partial charge is 0.345 e. The highest BCUT2D eigenvalue weighted by Crippen LogP contribution is 2.52. The Kier molecular flexibility index (Phi) is 3.30. The van der Waals surface area contributed by atoms with Crippen molar-refractivity contribution in [2.45, 2.75) is 50.7 Å². The van der Waals surface area contributed by atoms with E-state index in [1.165, 1.54) is 0 Å². The van der Waals surface area contributed by atoms with Crippen LogP contribution in [-0.4, -0.2) is 44.0 Å². The van der Waals surface area contributed by atoms with E-state index in [2.05, 4.69) is 38.4 Å². The molecule has 3 aromatic heterocycles. The summed E-state index contributed by atoms with van der Waals surface area (Å²) in [6.07, 6.45) is 7.02. The molecular formula is C18H23N5O2S. The van der Waals surface area contributed by atoms with Gasteiger partial charge in [0.25, 0.3) is 0 Å². The second kappa shape index (κ2) is 5.28. The van der Waals surface area contributed by atoms with Crippen LogP contribution in [0.15, 0.2) is 18.5 Å². The van der Waals surface area contributed by atoms with Crippen molar-refractivity contribution in [3.8, 4) is 0 Å². The number of nitrogens with one attached hydrogen (secondary N) is 1. The Morgan fingerprint density at radius 2 is 2.12 bits per heavy atom. The van der Waals surface area contributed by atoms with Crippen LogP contribution in [0.5, 0.6) is 0 Å². The van der Waals surface area contributed by atoms with Gasteiger partial charge in [-0.1, -0.05) is 13.8 Å². The summed E-state index contributed by atoms with van der Waals surface area (Å²) in [7, 11) is -2.94. The Morgan fingerprint density at radius 3 is 2.88 bits per heavy atom. The Hall–Kier alpha value is -1.96. The predicted octanol–water partition coefficient (Wildman–Crippen LogP) is 2.70. The van der Waals surface area contributed by atoms with Crippen molar-refractivity contribution in [3.63, 3.8) is 0 Å². The third kappa shape index (κ3) is 2.46. The van der Waals surface area contributed by atoms with Crippen LogP contribution in [0, 0.1) is 11.3 Å². The van der Waals surface area contributed by atoms with Crippen LogP contribution in [0.4, 0.5) is 0 Å². The summed E-state index contributed by atoms with van der Waals surface area (Å²) < 4.78 is 27.0. The summed E-state index contributed by atoms with van der Waals surface area (Å²) in [4.78, 5) is 7.51. The molecule has 0 radical (unpaired) electrons. The molecular weight excluding hydrogens is 350 g/mol. The summed E-state index contributed by atoms with van der Waals surface area (Å²) in [5.41, 5.74) is 2.49. The highest BCUT2D eigenvalue weighted by Gasteiger charge is 2.46. The normalized spacial score (nSPS) is 26.1. The number of nitrogens with zero attached hydrogens (tertiary/aromatic N) is 4. The van der Waals surface area contributed by atoms with E-state index in [9.17, 15) is 8.42 Å². The zero-order chi connectivity index (χ0) is 18.1. The molecule has 0 spiro atoms. The maximum absolute atomic E-state index is 12.5. The molecule has 5 rings (SSSR count). The fourth-order valence-corrected chi connectivity index (χ4v) is 6.76. The van der Waals surface area contributed by atoms with Crippen molar-refractivity contribution < 1.29 is 8.42 Å². The zero-order valence-corrected chi connectivity index (χ0v) is 15.8. The van der Waals surface area contributed by atoms with E-state index in [0.29, 0.717) is 5.75 Å². The van der Waals surface area contributed by atoms with Gasteiger partial charge in [0, 0.05) is 12.1 Å². The molecule has 0 amide bonds. The molecule has 0 saturated heterocycles. The summed E-state index contributed by atoms with van der Waals surface area (Å²) in [5, 5.41) is 8.73. The van der Waals surface area contributed by atoms with Crippen LogP contribution >= 0.6 is 0 Å². The Morgan fingerprint density at radius 1 is 1.31 bits per heavy atom. The molecule has 26 heavy (non-hydrogen) atoms. The fraction of sp³-hybridized carbons (Fsp3) is 0.611. The average Bonchev–Trinajstić information content (AvgIpc) is 3.07. The van der Waals surface area contributed by atoms with Gasteiger partial charge in [-0.05, 0) is 43.1 Å². The van der Waals surface area contributed by atoms with Crippen LogP contribution in [0.2, 0.25) is 0 Å². The summed E-state index contributed by atoms with van der Waals surface area (Å²) in [5.74, 6) is 1.60. The second-order valence-electron chi connectivity index (χ2n) is 8.60. The first-order valence-corrected chi connectivity index (χ1v) is 11.0. The molecule has 0 unspecified atom stereocenters. The van der Waals surface area contributed by atoms with Gasteiger partial charge in [0.2, 0.25) is 0 Å². The van der Waals surface area contributed by atoms with Crippen LogP contribution in [0.1, 0.15) is 51.3 Å². The van der Waals surface area contributed by atoms with E-state index in [1.54, 1.807) is 6.20 Å². The SMILES string of the molecule is CC1(C)C[C@H](CS(=O)(=O)C2CC2)C[C@@H]1c1nnc2cnc3[nH]ccc3n12. The molecule has 138 valence electrons. The summed E-state index contributed by atoms with van der Waals surface area (Å²) in [6.45, 7) is 4.44. The van der Waals surface area contributed by atoms with Gasteiger partial charge < -0.3 is 4.98 Å². The van der Waals surface area contributed by atoms with E-state index in [1.807, 2.05) is 12.3 Å². The molecule has 0 aromatic carbocycles. The minimum absolute atomic E-state index is 0.0153. The number of aromatic amines is 1. The van der Waals surface area contributed by atoms with Crippen LogP contribution in [0.25, 0.3) is 16.8 Å². The minimum atomic E-state index is -2.94. The molecule has 0 bridgehead atoms. The van der Waals surface area contributed by atoms with E-state index in [4.69, 9.17) is 0 Å². The van der Waals surface area contributed by atoms with Gasteiger partial charge in [0.1, 0.15) is 5.82 Å². The quantitative estimate of drug-likeness (QED) is 0.759. The number of hydrogen-bond donors (Lipinski definition) is 1. The number of hydrogen-bond acceptors (Lipinski definition) is 5. The first kappa shape index (κ1) is 16.2. The zero-order valence-electron chi connectivity index (χ0n) is 15.0. The Labute approximate surface area is 152 Å². The van der Waals surface area contributed by atoms with E-state index in [-0.39, 0.29) is 22.5 Å². The van der Waals surface area contributed by atoms with Crippen molar-refractivity contribution >= 4 is 26.6 Å². The van der Waals surface area contributed by atoms with Crippen molar-refractivity contribution in [3.05, 3.63) is 24.3 Å². The number of sulfone groups is 1. The van der Waals surface area contributed by atoms with Gasteiger partial charge in [0.15, 0.2) is 21.1 Å². The number of rotatable bonds is 4. The average molecular weight is 373 g/mol. The third-order valence-corrected chi connectivity index (χ3v) is 8.53. The van der Waals surface area contributed by atoms with Crippen molar-refractivity contribution in [1.29, 1.82) is 0 Å². The van der Waals surface area contributed by atoms with Gasteiger partial charge in [0.05, 0.1) is 22.7 Å². The lowest BCUT2D eigenvalue weighted by atomic mass is 9.81. The van der Waals surface area contributed by atoms with E-state index >= 15 is 0 Å². The molecule has 2 atom stereocenters. The lowest BCUT2D eigenvalue weighted by molar-refractivity contribution is 0.316. The highest BCUT2D eigenvalue weighted by atomic mass is 32.2. The van der Waals surface area contributed by atoms with Gasteiger partial charge in [-0.3, -0.25) is 4.40 Å². The highest BCUT2D eigenvalue weighted by molar-refractivity contribution is 7.92. The lowest BCUT2D eigenvalue weighted by Gasteiger charge is -2.25. The van der Waals surface area contributed by atoms with Crippen LogP contribution < -0.4 is 0 Å². The van der Waals surface area contributed by atoms with Crippen LogP contribution in [-0.2, 0) is 9.84 Å². The van der Waals surface area contributed by atoms with Gasteiger partial charge in [-0.2, -0.15) is 0 Å². The molecule has 2 aliphatic carbocycles. The Balaban J connectivity index is 1.53. The summed E-state index contributed by atoms with van der Waals surface area (Å²) >= 11 is 0. The second-order valence-corrected chi connectivity index (χ2v) is 10.9. The number of H-pyrrole nitrogens is 1. The van der Waals surface area contributed by atoms with Crippen molar-refractivity contribution in [2.24, 2.45) is 11.3 Å². The smallest absolute Gasteiger partial charge is 0.179 e. The number of fused-ring (bicyclic) bond motifs is 3. The monoisotopic (exact) mass is 373 g/mol. The maximum atomic E-state index is 12.5. The van der Waals surface area contributed by atoms with Crippen molar-refractivity contribution in [1.82, 2.24) is 24.6 Å². The van der Waals surface area contributed by atoms with Crippen LogP contribution in [0.3, 0.4) is 0 Å².